The van der Waals surface area contributed by atoms with Crippen molar-refractivity contribution in [2.45, 2.75) is 31.7 Å². The Morgan fingerprint density at radius 3 is 2.65 bits per heavy atom. The molecule has 96 valence electrons. The minimum atomic E-state index is 0.0982. The highest BCUT2D eigenvalue weighted by Crippen LogP contribution is 2.40. The van der Waals surface area contributed by atoms with Crippen molar-refractivity contribution >= 4 is 5.91 Å². The Morgan fingerprint density at radius 1 is 1.29 bits per heavy atom. The minimum Gasteiger partial charge on any atom is -0.394 e. The molecule has 2 heterocycles. The van der Waals surface area contributed by atoms with Gasteiger partial charge in [0.2, 0.25) is 5.91 Å². The second-order valence-electron chi connectivity index (χ2n) is 5.86. The van der Waals surface area contributed by atoms with Crippen LogP contribution in [0.5, 0.6) is 0 Å². The SMILES string of the molecule is O=C(C1C[C@H]2CNC[C@H]2C1)N1CCC[C@@H]1CO. The molecule has 0 bridgehead atoms. The lowest BCUT2D eigenvalue weighted by Crippen LogP contribution is -2.41. The quantitative estimate of drug-likeness (QED) is 0.723. The van der Waals surface area contributed by atoms with Gasteiger partial charge in [0.15, 0.2) is 0 Å². The van der Waals surface area contributed by atoms with E-state index >= 15 is 0 Å². The number of aliphatic hydroxyl groups excluding tert-OH is 1. The van der Waals surface area contributed by atoms with Crippen LogP contribution in [0.3, 0.4) is 0 Å². The third-order valence-corrected chi connectivity index (χ3v) is 4.87. The Balaban J connectivity index is 1.63. The summed E-state index contributed by atoms with van der Waals surface area (Å²) in [6, 6.07) is 0.0982. The maximum Gasteiger partial charge on any atom is 0.226 e. The van der Waals surface area contributed by atoms with Gasteiger partial charge in [0.05, 0.1) is 12.6 Å². The van der Waals surface area contributed by atoms with Crippen LogP contribution in [0.15, 0.2) is 0 Å². The highest BCUT2D eigenvalue weighted by atomic mass is 16.3. The molecule has 3 rings (SSSR count). The monoisotopic (exact) mass is 238 g/mol. The molecule has 1 unspecified atom stereocenters. The molecule has 0 radical (unpaired) electrons. The highest BCUT2D eigenvalue weighted by molar-refractivity contribution is 5.79. The number of carbonyl (C=O) groups is 1. The second-order valence-corrected chi connectivity index (χ2v) is 5.86. The fourth-order valence-corrected chi connectivity index (χ4v) is 3.92. The predicted octanol–water partition coefficient (Wildman–Crippen LogP) is 0.215. The largest absolute Gasteiger partial charge is 0.394 e. The van der Waals surface area contributed by atoms with Crippen molar-refractivity contribution in [3.8, 4) is 0 Å². The molecule has 2 N–H and O–H groups in total. The molecular weight excluding hydrogens is 216 g/mol. The van der Waals surface area contributed by atoms with Crippen molar-refractivity contribution in [2.75, 3.05) is 26.2 Å². The maximum atomic E-state index is 12.4. The molecule has 0 aromatic carbocycles. The standard InChI is InChI=1S/C13H22N2O2/c16-8-12-2-1-3-15(12)13(17)9-4-10-6-14-7-11(10)5-9/h9-12,14,16H,1-8H2/t9?,10-,11+,12-/m1/s1. The molecule has 1 amide bonds. The Bertz CT molecular complexity index is 296. The van der Waals surface area contributed by atoms with Gasteiger partial charge >= 0.3 is 0 Å². The van der Waals surface area contributed by atoms with Crippen molar-refractivity contribution in [2.24, 2.45) is 17.8 Å². The predicted molar refractivity (Wildman–Crippen MR) is 64.4 cm³/mol. The Kier molecular flexibility index (Phi) is 3.09. The fourth-order valence-electron chi connectivity index (χ4n) is 3.92. The summed E-state index contributed by atoms with van der Waals surface area (Å²) in [5, 5.41) is 12.7. The third kappa shape index (κ3) is 1.97. The van der Waals surface area contributed by atoms with E-state index in [1.165, 1.54) is 0 Å². The topological polar surface area (TPSA) is 52.6 Å². The van der Waals surface area contributed by atoms with Crippen LogP contribution in [0, 0.1) is 17.8 Å². The van der Waals surface area contributed by atoms with Gasteiger partial charge in [0.1, 0.15) is 0 Å². The van der Waals surface area contributed by atoms with Crippen LogP contribution in [0.2, 0.25) is 0 Å². The van der Waals surface area contributed by atoms with Gasteiger partial charge in [-0.25, -0.2) is 0 Å². The van der Waals surface area contributed by atoms with E-state index in [2.05, 4.69) is 5.32 Å². The van der Waals surface area contributed by atoms with Crippen LogP contribution in [0.25, 0.3) is 0 Å². The summed E-state index contributed by atoms with van der Waals surface area (Å²) < 4.78 is 0. The first-order valence-corrected chi connectivity index (χ1v) is 6.91. The molecule has 4 nitrogen and oxygen atoms in total. The number of hydrogen-bond donors (Lipinski definition) is 2. The minimum absolute atomic E-state index is 0.0982. The molecule has 3 aliphatic rings. The third-order valence-electron chi connectivity index (χ3n) is 4.87. The van der Waals surface area contributed by atoms with Crippen molar-refractivity contribution < 1.29 is 9.90 Å². The molecule has 1 saturated carbocycles. The van der Waals surface area contributed by atoms with E-state index in [4.69, 9.17) is 0 Å². The zero-order valence-electron chi connectivity index (χ0n) is 10.3. The summed E-state index contributed by atoms with van der Waals surface area (Å²) in [5.41, 5.74) is 0. The summed E-state index contributed by atoms with van der Waals surface area (Å²) in [4.78, 5) is 14.4. The molecule has 0 spiro atoms. The Labute approximate surface area is 102 Å². The van der Waals surface area contributed by atoms with Crippen LogP contribution < -0.4 is 5.32 Å². The average Bonchev–Trinajstić information content (AvgIpc) is 3.02. The molecule has 2 saturated heterocycles. The van der Waals surface area contributed by atoms with E-state index in [0.29, 0.717) is 5.91 Å². The number of fused-ring (bicyclic) bond motifs is 1. The van der Waals surface area contributed by atoms with Crippen LogP contribution in [-0.2, 0) is 4.79 Å². The second kappa shape index (κ2) is 4.58. The summed E-state index contributed by atoms with van der Waals surface area (Å²) in [5.74, 6) is 1.99. The first-order valence-electron chi connectivity index (χ1n) is 6.91. The zero-order valence-corrected chi connectivity index (χ0v) is 10.3. The van der Waals surface area contributed by atoms with Crippen molar-refractivity contribution in [1.29, 1.82) is 0 Å². The summed E-state index contributed by atoms with van der Waals surface area (Å²) >= 11 is 0. The number of amides is 1. The van der Waals surface area contributed by atoms with E-state index in [1.807, 2.05) is 4.90 Å². The van der Waals surface area contributed by atoms with Gasteiger partial charge in [0, 0.05) is 12.5 Å². The Morgan fingerprint density at radius 2 is 2.00 bits per heavy atom. The van der Waals surface area contributed by atoms with Gasteiger partial charge in [-0.05, 0) is 50.6 Å². The van der Waals surface area contributed by atoms with E-state index in [0.717, 1.165) is 57.2 Å². The van der Waals surface area contributed by atoms with Crippen LogP contribution in [0.1, 0.15) is 25.7 Å². The van der Waals surface area contributed by atoms with E-state index in [9.17, 15) is 9.90 Å². The molecule has 3 fully saturated rings. The molecule has 0 aromatic rings. The molecule has 2 aliphatic heterocycles. The smallest absolute Gasteiger partial charge is 0.226 e. The van der Waals surface area contributed by atoms with Gasteiger partial charge in [0.25, 0.3) is 0 Å². The van der Waals surface area contributed by atoms with Crippen molar-refractivity contribution in [3.05, 3.63) is 0 Å². The molecule has 4 atom stereocenters. The maximum absolute atomic E-state index is 12.4. The summed E-state index contributed by atoms with van der Waals surface area (Å²) in [6.45, 7) is 3.18. The first kappa shape index (κ1) is 11.5. The number of likely N-dealkylation sites (tertiary alicyclic amines) is 1. The zero-order chi connectivity index (χ0) is 11.8. The van der Waals surface area contributed by atoms with Crippen molar-refractivity contribution in [1.82, 2.24) is 10.2 Å². The van der Waals surface area contributed by atoms with Crippen LogP contribution >= 0.6 is 0 Å². The lowest BCUT2D eigenvalue weighted by atomic mass is 10.0. The summed E-state index contributed by atoms with van der Waals surface area (Å²) in [7, 11) is 0. The number of nitrogens with zero attached hydrogens (tertiary/aromatic N) is 1. The van der Waals surface area contributed by atoms with E-state index in [-0.39, 0.29) is 18.6 Å². The van der Waals surface area contributed by atoms with Crippen LogP contribution in [0.4, 0.5) is 0 Å². The van der Waals surface area contributed by atoms with Gasteiger partial charge in [-0.3, -0.25) is 4.79 Å². The molecule has 17 heavy (non-hydrogen) atoms. The van der Waals surface area contributed by atoms with Gasteiger partial charge in [-0.2, -0.15) is 0 Å². The molecular formula is C13H22N2O2. The number of rotatable bonds is 2. The average molecular weight is 238 g/mol. The Hall–Kier alpha value is -0.610. The lowest BCUT2D eigenvalue weighted by Gasteiger charge is -2.26. The number of hydrogen-bond acceptors (Lipinski definition) is 3. The van der Waals surface area contributed by atoms with Gasteiger partial charge in [-0.1, -0.05) is 0 Å². The van der Waals surface area contributed by atoms with Gasteiger partial charge < -0.3 is 15.3 Å². The molecule has 0 aromatic heterocycles. The normalized spacial score (nSPS) is 40.9. The fraction of sp³-hybridized carbons (Fsp3) is 0.923. The summed E-state index contributed by atoms with van der Waals surface area (Å²) in [6.07, 6.45) is 4.15. The number of aliphatic hydroxyl groups is 1. The molecule has 1 aliphatic carbocycles. The highest BCUT2D eigenvalue weighted by Gasteiger charge is 2.43. The lowest BCUT2D eigenvalue weighted by molar-refractivity contribution is -0.137. The number of nitrogens with one attached hydrogen (secondary N) is 1. The van der Waals surface area contributed by atoms with Gasteiger partial charge in [-0.15, -0.1) is 0 Å². The molecule has 4 heteroatoms. The van der Waals surface area contributed by atoms with E-state index < -0.39 is 0 Å². The van der Waals surface area contributed by atoms with E-state index in [1.54, 1.807) is 0 Å². The van der Waals surface area contributed by atoms with Crippen LogP contribution in [-0.4, -0.2) is 48.2 Å². The van der Waals surface area contributed by atoms with Crippen molar-refractivity contribution in [3.63, 3.8) is 0 Å². The first-order chi connectivity index (χ1) is 8.29. The number of carbonyl (C=O) groups excluding carboxylic acids is 1.